The molecule has 0 aliphatic heterocycles. The molecule has 84 valence electrons. The van der Waals surface area contributed by atoms with Crippen LogP contribution < -0.4 is 0 Å². The van der Waals surface area contributed by atoms with Gasteiger partial charge in [0.1, 0.15) is 0 Å². The first-order chi connectivity index (χ1) is 7.58. The molecule has 1 aromatic rings. The molecule has 0 heterocycles. The molecule has 0 bridgehead atoms. The number of allylic oxidation sites excluding steroid dienone is 1. The quantitative estimate of drug-likeness (QED) is 0.631. The molecule has 16 heavy (non-hydrogen) atoms. The minimum atomic E-state index is 0.943. The van der Waals surface area contributed by atoms with Crippen molar-refractivity contribution < 1.29 is 0 Å². The third kappa shape index (κ3) is 4.79. The summed E-state index contributed by atoms with van der Waals surface area (Å²) < 4.78 is 0. The largest absolute Gasteiger partial charge is 0.0998 e. The van der Waals surface area contributed by atoms with Crippen LogP contribution in [0.2, 0.25) is 0 Å². The van der Waals surface area contributed by atoms with Gasteiger partial charge in [-0.1, -0.05) is 65.7 Å². The van der Waals surface area contributed by atoms with Crippen LogP contribution in [0.5, 0.6) is 0 Å². The van der Waals surface area contributed by atoms with E-state index in [1.165, 1.54) is 22.3 Å². The van der Waals surface area contributed by atoms with E-state index in [0.717, 1.165) is 6.42 Å². The summed E-state index contributed by atoms with van der Waals surface area (Å²) in [6, 6.07) is 14.9. The molecule has 0 saturated heterocycles. The Morgan fingerprint density at radius 1 is 1.00 bits per heavy atom. The molecule has 0 radical (unpaired) electrons. The van der Waals surface area contributed by atoms with Crippen LogP contribution in [0, 0.1) is 13.8 Å². The lowest BCUT2D eigenvalue weighted by molar-refractivity contribution is 1.15. The maximum atomic E-state index is 3.96. The topological polar surface area (TPSA) is 0 Å². The summed E-state index contributed by atoms with van der Waals surface area (Å²) in [6.07, 6.45) is 0.943. The van der Waals surface area contributed by atoms with Crippen LogP contribution in [-0.4, -0.2) is 0 Å². The van der Waals surface area contributed by atoms with Gasteiger partial charge in [-0.25, -0.2) is 0 Å². The zero-order chi connectivity index (χ0) is 12.0. The van der Waals surface area contributed by atoms with Crippen LogP contribution in [0.4, 0.5) is 0 Å². The van der Waals surface area contributed by atoms with E-state index in [9.17, 15) is 0 Å². The van der Waals surface area contributed by atoms with E-state index in [-0.39, 0.29) is 0 Å². The molecule has 1 rings (SSSR count). The maximum absolute atomic E-state index is 3.96. The fourth-order valence-corrected chi connectivity index (χ4v) is 1.70. The summed E-state index contributed by atoms with van der Waals surface area (Å²) in [5.74, 6) is 0. The second-order valence-corrected chi connectivity index (χ2v) is 4.40. The van der Waals surface area contributed by atoms with Crippen molar-refractivity contribution >= 4 is 0 Å². The van der Waals surface area contributed by atoms with E-state index >= 15 is 0 Å². The lowest BCUT2D eigenvalue weighted by Crippen LogP contribution is -1.84. The van der Waals surface area contributed by atoms with Gasteiger partial charge < -0.3 is 0 Å². The molecule has 0 nitrogen and oxygen atoms in total. The molecule has 0 heteroatoms. The molecular weight excluding hydrogens is 192 g/mol. The Balaban J connectivity index is 3.26. The second-order valence-electron chi connectivity index (χ2n) is 4.40. The highest BCUT2D eigenvalue weighted by Crippen LogP contribution is 2.07. The highest BCUT2D eigenvalue weighted by Gasteiger charge is 1.90. The number of rotatable bonds is 2. The summed E-state index contributed by atoms with van der Waals surface area (Å²) in [5.41, 5.74) is 5.05. The number of hydrogen-bond donors (Lipinski definition) is 0. The van der Waals surface area contributed by atoms with Crippen molar-refractivity contribution in [3.8, 4) is 0 Å². The Bertz CT molecular complexity index is 426. The molecule has 0 aromatic heterocycles. The van der Waals surface area contributed by atoms with E-state index in [2.05, 4.69) is 69.8 Å². The van der Waals surface area contributed by atoms with Gasteiger partial charge in [-0.05, 0) is 32.8 Å². The van der Waals surface area contributed by atoms with Crippen molar-refractivity contribution in [1.82, 2.24) is 0 Å². The smallest absolute Gasteiger partial charge is 0.00725 e. The van der Waals surface area contributed by atoms with E-state index in [1.807, 2.05) is 0 Å². The minimum Gasteiger partial charge on any atom is -0.0998 e. The van der Waals surface area contributed by atoms with Gasteiger partial charge in [0, 0.05) is 0 Å². The number of hydrogen-bond acceptors (Lipinski definition) is 0. The highest BCUT2D eigenvalue weighted by atomic mass is 14.0. The zero-order valence-electron chi connectivity index (χ0n) is 10.5. The van der Waals surface area contributed by atoms with E-state index in [0.29, 0.717) is 0 Å². The summed E-state index contributed by atoms with van der Waals surface area (Å²) in [5, 5.41) is 0. The van der Waals surface area contributed by atoms with Crippen LogP contribution in [0.3, 0.4) is 0 Å². The Hall–Kier alpha value is -1.56. The van der Waals surface area contributed by atoms with Crippen LogP contribution in [0.25, 0.3) is 0 Å². The van der Waals surface area contributed by atoms with Gasteiger partial charge in [-0.2, -0.15) is 0 Å². The third-order valence-electron chi connectivity index (χ3n) is 2.27. The van der Waals surface area contributed by atoms with Crippen LogP contribution in [-0.2, 0) is 6.42 Å². The Labute approximate surface area is 99.0 Å². The average Bonchev–Trinajstić information content (AvgIpc) is 2.15. The van der Waals surface area contributed by atoms with Crippen molar-refractivity contribution in [2.24, 2.45) is 0 Å². The first-order valence-corrected chi connectivity index (χ1v) is 5.63. The van der Waals surface area contributed by atoms with Gasteiger partial charge >= 0.3 is 0 Å². The van der Waals surface area contributed by atoms with Crippen LogP contribution in [0.15, 0.2) is 54.6 Å². The van der Waals surface area contributed by atoms with Crippen molar-refractivity contribution in [1.29, 1.82) is 0 Å². The van der Waals surface area contributed by atoms with E-state index in [1.54, 1.807) is 0 Å². The SMILES string of the molecule is C=C(C)Cc1cccccc(C)cc(C)c1. The fraction of sp³-hybridized carbons (Fsp3) is 0.250. The monoisotopic (exact) mass is 212 g/mol. The summed E-state index contributed by atoms with van der Waals surface area (Å²) in [4.78, 5) is 0. The summed E-state index contributed by atoms with van der Waals surface area (Å²) in [7, 11) is 0. The van der Waals surface area contributed by atoms with Gasteiger partial charge in [0.25, 0.3) is 0 Å². The first-order valence-electron chi connectivity index (χ1n) is 5.63. The van der Waals surface area contributed by atoms with Crippen LogP contribution >= 0.6 is 0 Å². The van der Waals surface area contributed by atoms with Crippen molar-refractivity contribution in [2.45, 2.75) is 27.2 Å². The van der Waals surface area contributed by atoms with Crippen molar-refractivity contribution in [3.05, 3.63) is 71.3 Å². The Morgan fingerprint density at radius 2 is 1.69 bits per heavy atom. The average molecular weight is 212 g/mol. The predicted molar refractivity (Wildman–Crippen MR) is 72.1 cm³/mol. The minimum absolute atomic E-state index is 0.943. The van der Waals surface area contributed by atoms with Crippen molar-refractivity contribution in [2.75, 3.05) is 0 Å². The lowest BCUT2D eigenvalue weighted by atomic mass is 10.1. The van der Waals surface area contributed by atoms with Crippen molar-refractivity contribution in [3.63, 3.8) is 0 Å². The van der Waals surface area contributed by atoms with Gasteiger partial charge in [0.05, 0.1) is 0 Å². The summed E-state index contributed by atoms with van der Waals surface area (Å²) >= 11 is 0. The maximum Gasteiger partial charge on any atom is -0.00725 e. The van der Waals surface area contributed by atoms with Gasteiger partial charge in [-0.15, -0.1) is 0 Å². The molecule has 0 aliphatic rings. The highest BCUT2D eigenvalue weighted by molar-refractivity contribution is 5.24. The molecule has 0 aliphatic carbocycles. The predicted octanol–water partition coefficient (Wildman–Crippen LogP) is 4.55. The Morgan fingerprint density at radius 3 is 2.38 bits per heavy atom. The number of aryl methyl sites for hydroxylation is 2. The van der Waals surface area contributed by atoms with Gasteiger partial charge in [0.2, 0.25) is 0 Å². The van der Waals surface area contributed by atoms with E-state index in [4.69, 9.17) is 0 Å². The molecule has 0 fully saturated rings. The van der Waals surface area contributed by atoms with E-state index < -0.39 is 0 Å². The molecule has 0 atom stereocenters. The zero-order valence-corrected chi connectivity index (χ0v) is 10.5. The summed E-state index contributed by atoms with van der Waals surface area (Å²) in [6.45, 7) is 10.3. The normalized spacial score (nSPS) is 9.44. The standard InChI is InChI=1S/C16H20/c1-13(2)10-16-9-7-5-6-8-14(3)11-15(4)12-16/h5-9,11-12H,1,10H2,2-4H3. The van der Waals surface area contributed by atoms with Crippen LogP contribution in [0.1, 0.15) is 23.6 Å². The second kappa shape index (κ2) is 6.12. The molecule has 0 amide bonds. The molecule has 1 aromatic carbocycles. The molecule has 0 N–H and O–H groups in total. The van der Waals surface area contributed by atoms with Gasteiger partial charge in [0.15, 0.2) is 0 Å². The first kappa shape index (κ1) is 12.5. The molecule has 0 spiro atoms. The lowest BCUT2D eigenvalue weighted by Gasteiger charge is -1.99. The Kier molecular flexibility index (Phi) is 4.78. The fourth-order valence-electron chi connectivity index (χ4n) is 1.70. The molecular formula is C16H20. The third-order valence-corrected chi connectivity index (χ3v) is 2.27. The molecule has 0 saturated carbocycles. The van der Waals surface area contributed by atoms with Gasteiger partial charge in [-0.3, -0.25) is 0 Å². The molecule has 0 unspecified atom stereocenters.